The van der Waals surface area contributed by atoms with Gasteiger partial charge in [-0.2, -0.15) is 13.2 Å². The molecule has 1 saturated carbocycles. The van der Waals surface area contributed by atoms with Crippen molar-refractivity contribution in [1.29, 1.82) is 0 Å². The van der Waals surface area contributed by atoms with Crippen molar-refractivity contribution < 1.29 is 22.8 Å². The molecule has 2 fully saturated rings. The van der Waals surface area contributed by atoms with Crippen molar-refractivity contribution in [2.24, 2.45) is 23.7 Å². The average Bonchev–Trinajstić information content (AvgIpc) is 2.86. The first kappa shape index (κ1) is 10.8. The highest BCUT2D eigenvalue weighted by Crippen LogP contribution is 2.52. The van der Waals surface area contributed by atoms with Crippen LogP contribution >= 0.6 is 0 Å². The van der Waals surface area contributed by atoms with Crippen molar-refractivity contribution in [3.63, 3.8) is 0 Å². The molecule has 1 heterocycles. The maximum Gasteiger partial charge on any atom is 0.406 e. The lowest BCUT2D eigenvalue weighted by Gasteiger charge is -2.18. The quantitative estimate of drug-likeness (QED) is 0.516. The number of rotatable bonds is 1. The number of carbonyl (C=O) groups excluding carboxylic acids is 2. The molecule has 1 saturated heterocycles. The Morgan fingerprint density at radius 1 is 1.12 bits per heavy atom. The largest absolute Gasteiger partial charge is 0.406 e. The standard InChI is InChI=1S/C11H10F3NO2/c12-11(13,14)4-15-9(16)7-5-1-2-6(3-5)8(7)10(15)17/h1-2,5-8H,3-4H2. The highest BCUT2D eigenvalue weighted by atomic mass is 19.4. The Morgan fingerprint density at radius 2 is 1.59 bits per heavy atom. The molecular weight excluding hydrogens is 235 g/mol. The molecule has 2 bridgehead atoms. The highest BCUT2D eigenvalue weighted by molar-refractivity contribution is 6.06. The van der Waals surface area contributed by atoms with Crippen molar-refractivity contribution in [3.8, 4) is 0 Å². The zero-order valence-corrected chi connectivity index (χ0v) is 8.78. The topological polar surface area (TPSA) is 37.4 Å². The van der Waals surface area contributed by atoms with Gasteiger partial charge in [-0.1, -0.05) is 12.2 Å². The molecule has 0 radical (unpaired) electrons. The molecule has 0 aromatic heterocycles. The summed E-state index contributed by atoms with van der Waals surface area (Å²) >= 11 is 0. The van der Waals surface area contributed by atoms with Gasteiger partial charge in [-0.3, -0.25) is 14.5 Å². The van der Waals surface area contributed by atoms with E-state index in [0.29, 0.717) is 4.90 Å². The zero-order valence-electron chi connectivity index (χ0n) is 8.78. The van der Waals surface area contributed by atoms with E-state index in [1.54, 1.807) is 0 Å². The Hall–Kier alpha value is -1.33. The first-order chi connectivity index (χ1) is 7.88. The normalized spacial score (nSPS) is 39.4. The molecule has 6 heteroatoms. The third-order valence-corrected chi connectivity index (χ3v) is 3.90. The number of halogens is 3. The van der Waals surface area contributed by atoms with Gasteiger partial charge in [0.2, 0.25) is 11.8 Å². The molecular formula is C11H10F3NO2. The summed E-state index contributed by atoms with van der Waals surface area (Å²) in [7, 11) is 0. The number of fused-ring (bicyclic) bond motifs is 5. The zero-order chi connectivity index (χ0) is 12.4. The third-order valence-electron chi connectivity index (χ3n) is 3.90. The second kappa shape index (κ2) is 3.11. The van der Waals surface area contributed by atoms with Crippen LogP contribution in [0.15, 0.2) is 12.2 Å². The van der Waals surface area contributed by atoms with E-state index in [9.17, 15) is 22.8 Å². The van der Waals surface area contributed by atoms with Crippen LogP contribution in [0.1, 0.15) is 6.42 Å². The Labute approximate surface area is 95.3 Å². The number of imide groups is 1. The maximum atomic E-state index is 12.3. The fraction of sp³-hybridized carbons (Fsp3) is 0.636. The minimum Gasteiger partial charge on any atom is -0.274 e. The predicted octanol–water partition coefficient (Wildman–Crippen LogP) is 1.36. The fourth-order valence-corrected chi connectivity index (χ4v) is 3.30. The number of hydrogen-bond acceptors (Lipinski definition) is 2. The lowest BCUT2D eigenvalue weighted by molar-refractivity contribution is -0.167. The van der Waals surface area contributed by atoms with Crippen LogP contribution in [0.25, 0.3) is 0 Å². The highest BCUT2D eigenvalue weighted by Gasteiger charge is 2.60. The van der Waals surface area contributed by atoms with E-state index in [-0.39, 0.29) is 11.8 Å². The number of likely N-dealkylation sites (tertiary alicyclic amines) is 1. The number of nitrogens with zero attached hydrogens (tertiary/aromatic N) is 1. The molecule has 2 amide bonds. The van der Waals surface area contributed by atoms with Crippen LogP contribution in [0.5, 0.6) is 0 Å². The average molecular weight is 245 g/mol. The summed E-state index contributed by atoms with van der Waals surface area (Å²) in [6.45, 7) is -1.45. The molecule has 0 spiro atoms. The molecule has 1 aliphatic heterocycles. The number of amides is 2. The molecule has 3 aliphatic rings. The van der Waals surface area contributed by atoms with Crippen molar-refractivity contribution in [2.45, 2.75) is 12.6 Å². The van der Waals surface area contributed by atoms with Gasteiger partial charge in [-0.15, -0.1) is 0 Å². The Kier molecular flexibility index (Phi) is 1.98. The number of alkyl halides is 3. The Balaban J connectivity index is 1.88. The van der Waals surface area contributed by atoms with Gasteiger partial charge >= 0.3 is 6.18 Å². The molecule has 0 aromatic rings. The summed E-state index contributed by atoms with van der Waals surface area (Å²) in [6.07, 6.45) is -0.0781. The molecule has 3 nitrogen and oxygen atoms in total. The minimum atomic E-state index is -4.52. The van der Waals surface area contributed by atoms with Crippen LogP contribution in [0.4, 0.5) is 13.2 Å². The molecule has 0 aromatic carbocycles. The van der Waals surface area contributed by atoms with E-state index < -0.39 is 36.4 Å². The molecule has 0 N–H and O–H groups in total. The molecule has 4 atom stereocenters. The van der Waals surface area contributed by atoms with Crippen LogP contribution in [-0.2, 0) is 9.59 Å². The van der Waals surface area contributed by atoms with Crippen LogP contribution in [0.3, 0.4) is 0 Å². The summed E-state index contributed by atoms with van der Waals surface area (Å²) < 4.78 is 36.8. The summed E-state index contributed by atoms with van der Waals surface area (Å²) in [5, 5.41) is 0. The van der Waals surface area contributed by atoms with Gasteiger partial charge in [0, 0.05) is 0 Å². The van der Waals surface area contributed by atoms with Gasteiger partial charge in [0.1, 0.15) is 6.54 Å². The summed E-state index contributed by atoms with van der Waals surface area (Å²) in [6, 6.07) is 0. The molecule has 3 rings (SSSR count). The van der Waals surface area contributed by atoms with E-state index >= 15 is 0 Å². The first-order valence-electron chi connectivity index (χ1n) is 5.49. The number of hydrogen-bond donors (Lipinski definition) is 0. The number of allylic oxidation sites excluding steroid dienone is 2. The third kappa shape index (κ3) is 1.42. The molecule has 2 aliphatic carbocycles. The van der Waals surface area contributed by atoms with E-state index in [1.807, 2.05) is 12.2 Å². The maximum absolute atomic E-state index is 12.3. The van der Waals surface area contributed by atoms with E-state index in [4.69, 9.17) is 0 Å². The van der Waals surface area contributed by atoms with Crippen LogP contribution in [-0.4, -0.2) is 29.4 Å². The van der Waals surface area contributed by atoms with E-state index in [1.165, 1.54) is 0 Å². The fourth-order valence-electron chi connectivity index (χ4n) is 3.30. The van der Waals surface area contributed by atoms with Gasteiger partial charge in [-0.25, -0.2) is 0 Å². The van der Waals surface area contributed by atoms with E-state index in [2.05, 4.69) is 0 Å². The van der Waals surface area contributed by atoms with Crippen LogP contribution in [0, 0.1) is 23.7 Å². The van der Waals surface area contributed by atoms with Crippen LogP contribution < -0.4 is 0 Å². The molecule has 17 heavy (non-hydrogen) atoms. The number of carbonyl (C=O) groups is 2. The minimum absolute atomic E-state index is 0.0420. The van der Waals surface area contributed by atoms with Crippen LogP contribution in [0.2, 0.25) is 0 Å². The van der Waals surface area contributed by atoms with Crippen molar-refractivity contribution in [3.05, 3.63) is 12.2 Å². The molecule has 92 valence electrons. The lowest BCUT2D eigenvalue weighted by Crippen LogP contribution is -2.40. The van der Waals surface area contributed by atoms with Gasteiger partial charge in [0.25, 0.3) is 0 Å². The Morgan fingerprint density at radius 3 is 2.00 bits per heavy atom. The predicted molar refractivity (Wildman–Crippen MR) is 50.5 cm³/mol. The molecule has 4 unspecified atom stereocenters. The smallest absolute Gasteiger partial charge is 0.274 e. The second-order valence-corrected chi connectivity index (χ2v) is 4.88. The SMILES string of the molecule is O=C1C2C3C=CC(C3)C2C(=O)N1CC(F)(F)F. The lowest BCUT2D eigenvalue weighted by atomic mass is 9.85. The van der Waals surface area contributed by atoms with Crippen molar-refractivity contribution >= 4 is 11.8 Å². The summed E-state index contributed by atoms with van der Waals surface area (Å²) in [5.74, 6) is -2.46. The first-order valence-corrected chi connectivity index (χ1v) is 5.49. The van der Waals surface area contributed by atoms with E-state index in [0.717, 1.165) is 6.42 Å². The van der Waals surface area contributed by atoms with Crippen molar-refractivity contribution in [1.82, 2.24) is 4.90 Å². The summed E-state index contributed by atoms with van der Waals surface area (Å²) in [4.78, 5) is 24.1. The summed E-state index contributed by atoms with van der Waals surface area (Å²) in [5.41, 5.74) is 0. The second-order valence-electron chi connectivity index (χ2n) is 4.88. The van der Waals surface area contributed by atoms with Gasteiger partial charge in [-0.05, 0) is 18.3 Å². The van der Waals surface area contributed by atoms with Gasteiger partial charge in [0.15, 0.2) is 0 Å². The van der Waals surface area contributed by atoms with Crippen molar-refractivity contribution in [2.75, 3.05) is 6.54 Å². The Bertz CT molecular complexity index is 399. The van der Waals surface area contributed by atoms with Gasteiger partial charge in [0.05, 0.1) is 11.8 Å². The van der Waals surface area contributed by atoms with Gasteiger partial charge < -0.3 is 0 Å². The monoisotopic (exact) mass is 245 g/mol.